The van der Waals surface area contributed by atoms with Crippen molar-refractivity contribution in [1.82, 2.24) is 4.90 Å². The van der Waals surface area contributed by atoms with Gasteiger partial charge in [0.05, 0.1) is 11.7 Å². The molecule has 2 unspecified atom stereocenters. The third-order valence-electron chi connectivity index (χ3n) is 5.10. The van der Waals surface area contributed by atoms with E-state index in [0.29, 0.717) is 12.0 Å². The Balaban J connectivity index is 1.73. The van der Waals surface area contributed by atoms with E-state index in [1.165, 1.54) is 12.8 Å². The van der Waals surface area contributed by atoms with Gasteiger partial charge in [0.2, 0.25) is 5.91 Å². The van der Waals surface area contributed by atoms with Gasteiger partial charge in [-0.05, 0) is 44.7 Å². The number of anilines is 1. The second-order valence-electron chi connectivity index (χ2n) is 7.14. The highest BCUT2D eigenvalue weighted by Gasteiger charge is 2.44. The average molecular weight is 300 g/mol. The number of fused-ring (bicyclic) bond motifs is 3. The Hall–Kier alpha value is -1.55. The fraction of sp³-hybridized carbons (Fsp3) is 0.611. The lowest BCUT2D eigenvalue weighted by Gasteiger charge is -2.33. The molecular weight excluding hydrogens is 276 g/mol. The standard InChI is InChI=1S/C18H24N2O2/c1-12(2)19-11-14-9-16(19)18(21)20(10-13-7-8-13)15-5-3-4-6-17(15)22-14/h3-6,12-14,16H,7-11H2,1-2H3. The molecule has 2 fully saturated rings. The van der Waals surface area contributed by atoms with Crippen LogP contribution in [0.25, 0.3) is 0 Å². The van der Waals surface area contributed by atoms with Crippen molar-refractivity contribution in [2.24, 2.45) is 5.92 Å². The highest BCUT2D eigenvalue weighted by molar-refractivity contribution is 5.99. The molecule has 1 aromatic carbocycles. The molecule has 0 N–H and O–H groups in total. The Labute approximate surface area is 132 Å². The van der Waals surface area contributed by atoms with Crippen molar-refractivity contribution in [3.63, 3.8) is 0 Å². The number of amides is 1. The second kappa shape index (κ2) is 5.27. The first-order valence-corrected chi connectivity index (χ1v) is 8.46. The largest absolute Gasteiger partial charge is 0.487 e. The van der Waals surface area contributed by atoms with Gasteiger partial charge in [0, 0.05) is 25.6 Å². The summed E-state index contributed by atoms with van der Waals surface area (Å²) < 4.78 is 6.25. The Bertz CT molecular complexity index is 582. The zero-order chi connectivity index (χ0) is 15.3. The maximum absolute atomic E-state index is 13.2. The monoisotopic (exact) mass is 300 g/mol. The van der Waals surface area contributed by atoms with E-state index in [-0.39, 0.29) is 18.1 Å². The van der Waals surface area contributed by atoms with Crippen LogP contribution in [0.2, 0.25) is 0 Å². The van der Waals surface area contributed by atoms with Gasteiger partial charge in [-0.3, -0.25) is 9.69 Å². The van der Waals surface area contributed by atoms with E-state index < -0.39 is 0 Å². The minimum Gasteiger partial charge on any atom is -0.487 e. The van der Waals surface area contributed by atoms with Gasteiger partial charge >= 0.3 is 0 Å². The van der Waals surface area contributed by atoms with Crippen molar-refractivity contribution in [3.05, 3.63) is 24.3 Å². The smallest absolute Gasteiger partial charge is 0.244 e. The van der Waals surface area contributed by atoms with Gasteiger partial charge in [0.25, 0.3) is 0 Å². The summed E-state index contributed by atoms with van der Waals surface area (Å²) in [6.45, 7) is 6.02. The van der Waals surface area contributed by atoms with Crippen LogP contribution in [-0.2, 0) is 4.79 Å². The number of hydrogen-bond donors (Lipinski definition) is 0. The first kappa shape index (κ1) is 14.1. The number of rotatable bonds is 3. The third kappa shape index (κ3) is 2.39. The number of carbonyl (C=O) groups is 1. The highest BCUT2D eigenvalue weighted by atomic mass is 16.5. The molecule has 2 atom stereocenters. The number of likely N-dealkylation sites (tertiary alicyclic amines) is 1. The lowest BCUT2D eigenvalue weighted by molar-refractivity contribution is -0.123. The molecule has 118 valence electrons. The number of nitrogens with zero attached hydrogens (tertiary/aromatic N) is 2. The summed E-state index contributed by atoms with van der Waals surface area (Å²) in [5.74, 6) is 1.80. The van der Waals surface area contributed by atoms with Crippen LogP contribution in [-0.4, -0.2) is 42.1 Å². The van der Waals surface area contributed by atoms with E-state index in [9.17, 15) is 4.79 Å². The number of benzene rings is 1. The van der Waals surface area contributed by atoms with Crippen molar-refractivity contribution < 1.29 is 9.53 Å². The fourth-order valence-electron chi connectivity index (χ4n) is 3.72. The normalized spacial score (nSPS) is 28.3. The Kier molecular flexibility index (Phi) is 3.37. The highest BCUT2D eigenvalue weighted by Crippen LogP contribution is 2.39. The van der Waals surface area contributed by atoms with Crippen LogP contribution >= 0.6 is 0 Å². The molecule has 2 aliphatic heterocycles. The van der Waals surface area contributed by atoms with Crippen molar-refractivity contribution in [3.8, 4) is 5.75 Å². The number of ether oxygens (including phenoxy) is 1. The Morgan fingerprint density at radius 1 is 1.27 bits per heavy atom. The van der Waals surface area contributed by atoms with Crippen molar-refractivity contribution >= 4 is 11.6 Å². The molecule has 4 rings (SSSR count). The molecule has 22 heavy (non-hydrogen) atoms. The molecule has 4 heteroatoms. The van der Waals surface area contributed by atoms with E-state index in [1.807, 2.05) is 29.2 Å². The summed E-state index contributed by atoms with van der Waals surface area (Å²) in [4.78, 5) is 17.5. The molecule has 1 aliphatic carbocycles. The minimum absolute atomic E-state index is 0.0305. The molecule has 1 saturated heterocycles. The maximum atomic E-state index is 13.2. The van der Waals surface area contributed by atoms with Gasteiger partial charge in [-0.15, -0.1) is 0 Å². The van der Waals surface area contributed by atoms with Crippen LogP contribution in [0.3, 0.4) is 0 Å². The lowest BCUT2D eigenvalue weighted by Crippen LogP contribution is -2.48. The molecule has 1 aromatic rings. The van der Waals surface area contributed by atoms with Gasteiger partial charge < -0.3 is 9.64 Å². The molecule has 2 bridgehead atoms. The van der Waals surface area contributed by atoms with Crippen LogP contribution < -0.4 is 9.64 Å². The molecule has 2 heterocycles. The minimum atomic E-state index is -0.0305. The van der Waals surface area contributed by atoms with Gasteiger partial charge in [0.1, 0.15) is 11.9 Å². The molecule has 1 amide bonds. The molecule has 0 aromatic heterocycles. The summed E-state index contributed by atoms with van der Waals surface area (Å²) in [5, 5.41) is 0. The first-order valence-electron chi connectivity index (χ1n) is 8.46. The second-order valence-corrected chi connectivity index (χ2v) is 7.14. The summed E-state index contributed by atoms with van der Waals surface area (Å²) in [6, 6.07) is 8.36. The Morgan fingerprint density at radius 3 is 2.77 bits per heavy atom. The van der Waals surface area contributed by atoms with Gasteiger partial charge in [-0.1, -0.05) is 12.1 Å². The predicted octanol–water partition coefficient (Wildman–Crippen LogP) is 2.67. The SMILES string of the molecule is CC(C)N1CC2CC1C(=O)N(CC1CC1)c1ccccc1O2. The predicted molar refractivity (Wildman–Crippen MR) is 86.2 cm³/mol. The zero-order valence-corrected chi connectivity index (χ0v) is 13.4. The van der Waals surface area contributed by atoms with Crippen molar-refractivity contribution in [2.75, 3.05) is 18.0 Å². The van der Waals surface area contributed by atoms with Crippen LogP contribution in [0.15, 0.2) is 24.3 Å². The van der Waals surface area contributed by atoms with Crippen LogP contribution in [0.1, 0.15) is 33.1 Å². The Morgan fingerprint density at radius 2 is 2.05 bits per heavy atom. The number of para-hydroxylation sites is 2. The molecule has 1 saturated carbocycles. The molecule has 4 nitrogen and oxygen atoms in total. The maximum Gasteiger partial charge on any atom is 0.244 e. The number of hydrogen-bond acceptors (Lipinski definition) is 3. The summed E-state index contributed by atoms with van der Waals surface area (Å²) in [6.07, 6.45) is 3.43. The van der Waals surface area contributed by atoms with Crippen LogP contribution in [0.5, 0.6) is 5.75 Å². The topological polar surface area (TPSA) is 32.8 Å². The van der Waals surface area contributed by atoms with Crippen LogP contribution in [0.4, 0.5) is 5.69 Å². The zero-order valence-electron chi connectivity index (χ0n) is 13.4. The van der Waals surface area contributed by atoms with Crippen molar-refractivity contribution in [2.45, 2.75) is 51.3 Å². The molecule has 0 spiro atoms. The lowest BCUT2D eigenvalue weighted by atomic mass is 10.1. The van der Waals surface area contributed by atoms with E-state index in [2.05, 4.69) is 18.7 Å². The molecular formula is C18H24N2O2. The van der Waals surface area contributed by atoms with Gasteiger partial charge in [-0.2, -0.15) is 0 Å². The quantitative estimate of drug-likeness (QED) is 0.860. The summed E-state index contributed by atoms with van der Waals surface area (Å²) in [5.41, 5.74) is 0.958. The van der Waals surface area contributed by atoms with Crippen LogP contribution in [0, 0.1) is 5.92 Å². The molecule has 3 aliphatic rings. The first-order chi connectivity index (χ1) is 10.6. The van der Waals surface area contributed by atoms with E-state index in [1.54, 1.807) is 0 Å². The van der Waals surface area contributed by atoms with E-state index in [4.69, 9.17) is 4.74 Å². The third-order valence-corrected chi connectivity index (χ3v) is 5.10. The summed E-state index contributed by atoms with van der Waals surface area (Å²) >= 11 is 0. The fourth-order valence-corrected chi connectivity index (χ4v) is 3.72. The van der Waals surface area contributed by atoms with Gasteiger partial charge in [-0.25, -0.2) is 0 Å². The average Bonchev–Trinajstić information content (AvgIpc) is 3.21. The number of carbonyl (C=O) groups excluding carboxylic acids is 1. The summed E-state index contributed by atoms with van der Waals surface area (Å²) in [7, 11) is 0. The molecule has 0 radical (unpaired) electrons. The van der Waals surface area contributed by atoms with E-state index >= 15 is 0 Å². The van der Waals surface area contributed by atoms with Crippen molar-refractivity contribution in [1.29, 1.82) is 0 Å². The van der Waals surface area contributed by atoms with E-state index in [0.717, 1.165) is 30.9 Å². The van der Waals surface area contributed by atoms with Gasteiger partial charge in [0.15, 0.2) is 0 Å².